The van der Waals surface area contributed by atoms with Crippen molar-refractivity contribution >= 4 is 27.5 Å². The topological polar surface area (TPSA) is 76.5 Å². The molecule has 0 spiro atoms. The molecule has 0 fully saturated rings. The number of aryl methyl sites for hydroxylation is 1. The summed E-state index contributed by atoms with van der Waals surface area (Å²) < 4.78 is 6.69. The van der Waals surface area contributed by atoms with Gasteiger partial charge in [-0.25, -0.2) is 9.78 Å². The van der Waals surface area contributed by atoms with Crippen molar-refractivity contribution in [2.75, 3.05) is 6.61 Å². The molecule has 17 heavy (non-hydrogen) atoms. The molecule has 0 saturated carbocycles. The van der Waals surface area contributed by atoms with Crippen LogP contribution in [0.3, 0.4) is 0 Å². The van der Waals surface area contributed by atoms with Gasteiger partial charge in [0.05, 0.1) is 11.1 Å². The molecule has 0 aromatic carbocycles. The molecule has 0 unspecified atom stereocenters. The number of halogens is 1. The van der Waals surface area contributed by atoms with Gasteiger partial charge in [0.1, 0.15) is 5.56 Å². The summed E-state index contributed by atoms with van der Waals surface area (Å²) in [6.07, 6.45) is 1.23. The van der Waals surface area contributed by atoms with Gasteiger partial charge in [0.25, 0.3) is 5.56 Å². The number of aromatic amines is 1. The van der Waals surface area contributed by atoms with Gasteiger partial charge in [0.2, 0.25) is 0 Å². The Kier molecular flexibility index (Phi) is 3.01. The second-order valence-corrected chi connectivity index (χ2v) is 4.20. The lowest BCUT2D eigenvalue weighted by molar-refractivity contribution is 0.0523. The Morgan fingerprint density at radius 2 is 2.35 bits per heavy atom. The maximum absolute atomic E-state index is 12.0. The van der Waals surface area contributed by atoms with E-state index >= 15 is 0 Å². The van der Waals surface area contributed by atoms with E-state index in [0.29, 0.717) is 10.1 Å². The molecule has 0 bridgehead atoms. The van der Waals surface area contributed by atoms with Crippen molar-refractivity contribution in [1.29, 1.82) is 0 Å². The highest BCUT2D eigenvalue weighted by Gasteiger charge is 2.17. The Balaban J connectivity index is 2.66. The Morgan fingerprint density at radius 1 is 1.65 bits per heavy atom. The summed E-state index contributed by atoms with van der Waals surface area (Å²) in [5.41, 5.74) is 0.650. The summed E-state index contributed by atoms with van der Waals surface area (Å²) in [5.74, 6) is -0.664. The minimum Gasteiger partial charge on any atom is -0.462 e. The van der Waals surface area contributed by atoms with E-state index in [0.717, 1.165) is 5.69 Å². The molecule has 0 saturated heterocycles. The number of fused-ring (bicyclic) bond motifs is 1. The third-order valence-electron chi connectivity index (χ3n) is 2.26. The van der Waals surface area contributed by atoms with E-state index in [1.165, 1.54) is 10.7 Å². The van der Waals surface area contributed by atoms with Crippen LogP contribution in [0.15, 0.2) is 15.5 Å². The van der Waals surface area contributed by atoms with Crippen LogP contribution in [-0.4, -0.2) is 27.2 Å². The van der Waals surface area contributed by atoms with Gasteiger partial charge in [0.15, 0.2) is 5.65 Å². The average Bonchev–Trinajstić information content (AvgIpc) is 2.58. The highest BCUT2D eigenvalue weighted by Crippen LogP contribution is 2.18. The first-order valence-electron chi connectivity index (χ1n) is 4.99. The largest absolute Gasteiger partial charge is 0.462 e. The van der Waals surface area contributed by atoms with Crippen molar-refractivity contribution in [3.8, 4) is 0 Å². The fourth-order valence-corrected chi connectivity index (χ4v) is 1.82. The van der Waals surface area contributed by atoms with Gasteiger partial charge >= 0.3 is 5.97 Å². The molecule has 0 aliphatic rings. The number of nitrogens with one attached hydrogen (secondary N) is 1. The molecule has 0 amide bonds. The number of hydrogen-bond acceptors (Lipinski definition) is 4. The predicted octanol–water partition coefficient (Wildman–Crippen LogP) is 1.27. The Bertz CT molecular complexity index is 644. The smallest absolute Gasteiger partial charge is 0.345 e. The zero-order chi connectivity index (χ0) is 12.6. The van der Waals surface area contributed by atoms with Crippen LogP contribution in [0.4, 0.5) is 0 Å². The molecule has 0 radical (unpaired) electrons. The molecular formula is C10H10BrN3O3. The van der Waals surface area contributed by atoms with E-state index in [-0.39, 0.29) is 12.2 Å². The Hall–Kier alpha value is -1.63. The first-order valence-corrected chi connectivity index (χ1v) is 5.78. The van der Waals surface area contributed by atoms with E-state index in [1.54, 1.807) is 13.8 Å². The van der Waals surface area contributed by atoms with E-state index in [4.69, 9.17) is 4.74 Å². The first-order chi connectivity index (χ1) is 8.06. The van der Waals surface area contributed by atoms with Crippen molar-refractivity contribution in [3.05, 3.63) is 32.3 Å². The predicted molar refractivity (Wildman–Crippen MR) is 64.2 cm³/mol. The standard InChI is InChI=1S/C10H10BrN3O3/c1-3-17-10(16)6-4-12-8-7(11)5(2)13-14(8)9(6)15/h4,13H,3H2,1-2H3. The number of rotatable bonds is 2. The highest BCUT2D eigenvalue weighted by molar-refractivity contribution is 9.10. The average molecular weight is 300 g/mol. The molecule has 0 aliphatic heterocycles. The summed E-state index contributed by atoms with van der Waals surface area (Å²) in [6, 6.07) is 0. The second-order valence-electron chi connectivity index (χ2n) is 3.41. The van der Waals surface area contributed by atoms with Crippen molar-refractivity contribution in [3.63, 3.8) is 0 Å². The van der Waals surface area contributed by atoms with Crippen molar-refractivity contribution in [1.82, 2.24) is 14.6 Å². The Morgan fingerprint density at radius 3 is 3.00 bits per heavy atom. The number of nitrogens with zero attached hydrogens (tertiary/aromatic N) is 2. The van der Waals surface area contributed by atoms with E-state index in [9.17, 15) is 9.59 Å². The number of carbonyl (C=O) groups excluding carboxylic acids is 1. The monoisotopic (exact) mass is 299 g/mol. The summed E-state index contributed by atoms with van der Waals surface area (Å²) in [6.45, 7) is 3.69. The van der Waals surface area contributed by atoms with Gasteiger partial charge in [-0.1, -0.05) is 0 Å². The summed E-state index contributed by atoms with van der Waals surface area (Å²) in [4.78, 5) is 27.5. The van der Waals surface area contributed by atoms with Gasteiger partial charge in [-0.15, -0.1) is 0 Å². The third kappa shape index (κ3) is 1.86. The van der Waals surface area contributed by atoms with Gasteiger partial charge in [-0.2, -0.15) is 4.52 Å². The van der Waals surface area contributed by atoms with Gasteiger partial charge in [-0.3, -0.25) is 9.89 Å². The Labute approximate surface area is 105 Å². The van der Waals surface area contributed by atoms with E-state index in [1.807, 2.05) is 0 Å². The first kappa shape index (κ1) is 11.8. The van der Waals surface area contributed by atoms with Gasteiger partial charge < -0.3 is 4.74 Å². The SMILES string of the molecule is CCOC(=O)c1cnc2c(Br)c(C)[nH]n2c1=O. The lowest BCUT2D eigenvalue weighted by atomic mass is 10.3. The molecule has 1 N–H and O–H groups in total. The summed E-state index contributed by atoms with van der Waals surface area (Å²) >= 11 is 3.31. The molecular weight excluding hydrogens is 290 g/mol. The minimum absolute atomic E-state index is 0.0851. The van der Waals surface area contributed by atoms with Crippen molar-refractivity contribution in [2.45, 2.75) is 13.8 Å². The highest BCUT2D eigenvalue weighted by atomic mass is 79.9. The normalized spacial score (nSPS) is 10.8. The van der Waals surface area contributed by atoms with Gasteiger partial charge in [0, 0.05) is 11.9 Å². The molecule has 2 rings (SSSR count). The molecule has 2 aromatic heterocycles. The molecule has 0 aliphatic carbocycles. The molecule has 2 aromatic rings. The zero-order valence-electron chi connectivity index (χ0n) is 9.28. The third-order valence-corrected chi connectivity index (χ3v) is 3.21. The molecule has 7 heteroatoms. The quantitative estimate of drug-likeness (QED) is 0.847. The second kappa shape index (κ2) is 4.33. The van der Waals surface area contributed by atoms with Crippen LogP contribution in [-0.2, 0) is 4.74 Å². The number of H-pyrrole nitrogens is 1. The van der Waals surface area contributed by atoms with E-state index < -0.39 is 11.5 Å². The molecule has 0 atom stereocenters. The fraction of sp³-hybridized carbons (Fsp3) is 0.300. The van der Waals surface area contributed by atoms with Gasteiger partial charge in [-0.05, 0) is 29.8 Å². The van der Waals surface area contributed by atoms with Crippen LogP contribution in [0.25, 0.3) is 5.65 Å². The summed E-state index contributed by atoms with van der Waals surface area (Å²) in [5, 5.41) is 2.82. The number of ether oxygens (including phenoxy) is 1. The minimum atomic E-state index is -0.664. The maximum Gasteiger partial charge on any atom is 0.345 e. The lowest BCUT2D eigenvalue weighted by Gasteiger charge is -2.00. The summed E-state index contributed by atoms with van der Waals surface area (Å²) in [7, 11) is 0. The van der Waals surface area contributed by atoms with Crippen LogP contribution >= 0.6 is 15.9 Å². The number of hydrogen-bond donors (Lipinski definition) is 1. The van der Waals surface area contributed by atoms with Crippen LogP contribution in [0, 0.1) is 6.92 Å². The fourth-order valence-electron chi connectivity index (χ4n) is 1.45. The maximum atomic E-state index is 12.0. The van der Waals surface area contributed by atoms with Crippen LogP contribution < -0.4 is 5.56 Å². The van der Waals surface area contributed by atoms with Crippen LogP contribution in [0.2, 0.25) is 0 Å². The van der Waals surface area contributed by atoms with Crippen LogP contribution in [0.1, 0.15) is 23.0 Å². The number of esters is 1. The molecule has 6 nitrogen and oxygen atoms in total. The van der Waals surface area contributed by atoms with Crippen molar-refractivity contribution in [2.24, 2.45) is 0 Å². The molecule has 2 heterocycles. The van der Waals surface area contributed by atoms with Crippen molar-refractivity contribution < 1.29 is 9.53 Å². The molecule has 90 valence electrons. The number of aromatic nitrogens is 3. The van der Waals surface area contributed by atoms with E-state index in [2.05, 4.69) is 26.0 Å². The number of carbonyl (C=O) groups is 1. The zero-order valence-corrected chi connectivity index (χ0v) is 10.9. The van der Waals surface area contributed by atoms with Crippen LogP contribution in [0.5, 0.6) is 0 Å². The lowest BCUT2D eigenvalue weighted by Crippen LogP contribution is -2.24.